The third kappa shape index (κ3) is 1.39. The Bertz CT molecular complexity index is 295. The molecule has 1 radical (unpaired) electrons. The van der Waals surface area contributed by atoms with Gasteiger partial charge in [-0.15, -0.1) is 0 Å². The first-order valence-electron chi connectivity index (χ1n) is 3.54. The molecular weight excluding hydrogens is 154 g/mol. The molecule has 0 aliphatic carbocycles. The second kappa shape index (κ2) is 3.26. The van der Waals surface area contributed by atoms with Crippen LogP contribution >= 0.6 is 0 Å². The predicted molar refractivity (Wildman–Crippen MR) is 47.2 cm³/mol. The largest absolute Gasteiger partial charge is 0.505 e. The molecule has 1 aromatic carbocycles. The summed E-state index contributed by atoms with van der Waals surface area (Å²) in [5, 5.41) is 9.46. The summed E-state index contributed by atoms with van der Waals surface area (Å²) in [7, 11) is 3.59. The molecule has 0 atom stereocenters. The Morgan fingerprint density at radius 1 is 1.42 bits per heavy atom. The minimum Gasteiger partial charge on any atom is -0.505 e. The van der Waals surface area contributed by atoms with E-state index in [2.05, 4.69) is 0 Å². The summed E-state index contributed by atoms with van der Waals surface area (Å²) in [6, 6.07) is 4.96. The molecule has 0 saturated carbocycles. The van der Waals surface area contributed by atoms with E-state index in [1.807, 2.05) is 0 Å². The first-order valence-corrected chi connectivity index (χ1v) is 3.54. The molecule has 1 rings (SSSR count). The van der Waals surface area contributed by atoms with Gasteiger partial charge in [-0.05, 0) is 12.1 Å². The van der Waals surface area contributed by atoms with Gasteiger partial charge in [0.15, 0.2) is 0 Å². The van der Waals surface area contributed by atoms with Crippen molar-refractivity contribution in [3.63, 3.8) is 0 Å². The Morgan fingerprint density at radius 2 is 2.08 bits per heavy atom. The van der Waals surface area contributed by atoms with E-state index in [0.717, 1.165) is 0 Å². The Balaban J connectivity index is 3.22. The summed E-state index contributed by atoms with van der Waals surface area (Å²) in [6.45, 7) is 0. The lowest BCUT2D eigenvalue weighted by atomic mass is 10.2. The van der Waals surface area contributed by atoms with Crippen molar-refractivity contribution in [3.8, 4) is 5.75 Å². The second-order valence-corrected chi connectivity index (χ2v) is 2.67. The highest BCUT2D eigenvalue weighted by atomic mass is 16.3. The predicted octanol–water partition coefficient (Wildman–Crippen LogP) is 0.916. The van der Waals surface area contributed by atoms with Gasteiger partial charge in [0.25, 0.3) is 0 Å². The molecule has 12 heavy (non-hydrogen) atoms. The van der Waals surface area contributed by atoms with Crippen LogP contribution in [0.3, 0.4) is 0 Å². The van der Waals surface area contributed by atoms with E-state index in [1.165, 1.54) is 6.07 Å². The van der Waals surface area contributed by atoms with Gasteiger partial charge in [-0.2, -0.15) is 0 Å². The zero-order chi connectivity index (χ0) is 9.14. The fraction of sp³-hybridized carbons (Fsp3) is 0.222. The fourth-order valence-electron chi connectivity index (χ4n) is 0.975. The number of aromatic hydroxyl groups is 1. The topological polar surface area (TPSA) is 40.5 Å². The smallest absolute Gasteiger partial charge is 0.237 e. The third-order valence-corrected chi connectivity index (χ3v) is 1.61. The third-order valence-electron chi connectivity index (χ3n) is 1.61. The fourth-order valence-corrected chi connectivity index (χ4v) is 0.975. The van der Waals surface area contributed by atoms with E-state index in [4.69, 9.17) is 0 Å². The minimum absolute atomic E-state index is 0.0162. The molecule has 3 nitrogen and oxygen atoms in total. The van der Waals surface area contributed by atoms with E-state index in [9.17, 15) is 9.90 Å². The van der Waals surface area contributed by atoms with Gasteiger partial charge in [0.2, 0.25) is 6.29 Å². The van der Waals surface area contributed by atoms with Gasteiger partial charge in [0.1, 0.15) is 5.75 Å². The number of anilines is 1. The van der Waals surface area contributed by atoms with Gasteiger partial charge in [-0.1, -0.05) is 6.07 Å². The van der Waals surface area contributed by atoms with Crippen LogP contribution in [0.2, 0.25) is 0 Å². The van der Waals surface area contributed by atoms with Gasteiger partial charge in [-0.3, -0.25) is 4.79 Å². The highest BCUT2D eigenvalue weighted by molar-refractivity contribution is 5.83. The van der Waals surface area contributed by atoms with Crippen LogP contribution in [0, 0.1) is 0 Å². The van der Waals surface area contributed by atoms with Crippen molar-refractivity contribution < 1.29 is 9.90 Å². The van der Waals surface area contributed by atoms with Gasteiger partial charge < -0.3 is 10.0 Å². The van der Waals surface area contributed by atoms with E-state index >= 15 is 0 Å². The summed E-state index contributed by atoms with van der Waals surface area (Å²) in [6.07, 6.45) is 1.66. The van der Waals surface area contributed by atoms with Crippen LogP contribution in [0.1, 0.15) is 5.56 Å². The monoisotopic (exact) mass is 164 g/mol. The van der Waals surface area contributed by atoms with Crippen molar-refractivity contribution in [1.82, 2.24) is 0 Å². The zero-order valence-corrected chi connectivity index (χ0v) is 7.03. The average Bonchev–Trinajstić information content (AvgIpc) is 2.04. The molecule has 0 unspecified atom stereocenters. The molecule has 0 aliphatic heterocycles. The Hall–Kier alpha value is -1.51. The Kier molecular flexibility index (Phi) is 2.33. The van der Waals surface area contributed by atoms with Crippen molar-refractivity contribution >= 4 is 12.0 Å². The number of rotatable bonds is 2. The van der Waals surface area contributed by atoms with Crippen molar-refractivity contribution in [3.05, 3.63) is 23.8 Å². The molecule has 1 aromatic rings. The van der Waals surface area contributed by atoms with Crippen molar-refractivity contribution in [1.29, 1.82) is 0 Å². The number of nitrogens with zero attached hydrogens (tertiary/aromatic N) is 1. The molecule has 0 bridgehead atoms. The lowest BCUT2D eigenvalue weighted by Gasteiger charge is -2.14. The van der Waals surface area contributed by atoms with E-state index in [-0.39, 0.29) is 11.3 Å². The molecule has 0 amide bonds. The normalized spacial score (nSPS) is 9.50. The summed E-state index contributed by atoms with van der Waals surface area (Å²) < 4.78 is 0. The molecule has 0 spiro atoms. The first kappa shape index (κ1) is 8.59. The van der Waals surface area contributed by atoms with Gasteiger partial charge >= 0.3 is 0 Å². The standard InChI is InChI=1S/C9H10NO2/c1-10(2)8-5-3-4-7(6-11)9(8)12/h3-5,12H,1-2H3. The highest BCUT2D eigenvalue weighted by Gasteiger charge is 2.07. The maximum atomic E-state index is 10.3. The van der Waals surface area contributed by atoms with Crippen LogP contribution in [0.4, 0.5) is 5.69 Å². The average molecular weight is 164 g/mol. The summed E-state index contributed by atoms with van der Waals surface area (Å²) >= 11 is 0. The molecule has 0 aliphatic rings. The van der Waals surface area contributed by atoms with Crippen LogP contribution in [-0.2, 0) is 4.79 Å². The molecule has 0 fully saturated rings. The van der Waals surface area contributed by atoms with Crippen molar-refractivity contribution in [2.24, 2.45) is 0 Å². The van der Waals surface area contributed by atoms with Crippen LogP contribution in [-0.4, -0.2) is 25.5 Å². The van der Waals surface area contributed by atoms with E-state index < -0.39 is 0 Å². The van der Waals surface area contributed by atoms with Crippen molar-refractivity contribution in [2.75, 3.05) is 19.0 Å². The molecule has 0 heterocycles. The SMILES string of the molecule is CN(C)c1cccc([C]=O)c1O. The number of para-hydroxylation sites is 1. The minimum atomic E-state index is -0.0162. The van der Waals surface area contributed by atoms with Gasteiger partial charge in [0.05, 0.1) is 11.3 Å². The maximum absolute atomic E-state index is 10.3. The number of benzene rings is 1. The molecular formula is C9H10NO2. The summed E-state index contributed by atoms with van der Waals surface area (Å²) in [5.74, 6) is -0.0162. The Labute approximate surface area is 71.2 Å². The van der Waals surface area contributed by atoms with Crippen LogP contribution in [0.15, 0.2) is 18.2 Å². The number of phenols is 1. The van der Waals surface area contributed by atoms with Crippen LogP contribution < -0.4 is 4.90 Å². The van der Waals surface area contributed by atoms with Crippen LogP contribution in [0.5, 0.6) is 5.75 Å². The van der Waals surface area contributed by atoms with E-state index in [0.29, 0.717) is 5.69 Å². The lowest BCUT2D eigenvalue weighted by Crippen LogP contribution is -2.09. The number of hydrogen-bond donors (Lipinski definition) is 1. The molecule has 0 aromatic heterocycles. The Morgan fingerprint density at radius 3 is 2.58 bits per heavy atom. The summed E-state index contributed by atoms with van der Waals surface area (Å²) in [4.78, 5) is 12.0. The summed E-state index contributed by atoms with van der Waals surface area (Å²) in [5.41, 5.74) is 0.817. The molecule has 63 valence electrons. The molecule has 1 N–H and O–H groups in total. The van der Waals surface area contributed by atoms with Gasteiger partial charge in [0, 0.05) is 14.1 Å². The maximum Gasteiger partial charge on any atom is 0.237 e. The molecule has 0 saturated heterocycles. The number of carbonyl (C=O) groups excluding carboxylic acids is 1. The quantitative estimate of drug-likeness (QED) is 0.706. The number of phenolic OH excluding ortho intramolecular Hbond substituents is 1. The second-order valence-electron chi connectivity index (χ2n) is 2.67. The highest BCUT2D eigenvalue weighted by Crippen LogP contribution is 2.27. The van der Waals surface area contributed by atoms with Crippen LogP contribution in [0.25, 0.3) is 0 Å². The van der Waals surface area contributed by atoms with Gasteiger partial charge in [-0.25, -0.2) is 0 Å². The van der Waals surface area contributed by atoms with E-state index in [1.54, 1.807) is 37.4 Å². The molecule has 3 heteroatoms. The van der Waals surface area contributed by atoms with Crippen molar-refractivity contribution in [2.45, 2.75) is 0 Å². The zero-order valence-electron chi connectivity index (χ0n) is 7.03. The lowest BCUT2D eigenvalue weighted by molar-refractivity contribution is 0.472. The number of hydrogen-bond acceptors (Lipinski definition) is 3. The first-order chi connectivity index (χ1) is 5.66.